The van der Waals surface area contributed by atoms with Gasteiger partial charge in [0.1, 0.15) is 5.75 Å². The number of aryl methyl sites for hydroxylation is 1. The average molecular weight is 218 g/mol. The number of benzene rings is 1. The predicted molar refractivity (Wildman–Crippen MR) is 64.7 cm³/mol. The number of hydrogen-bond donors (Lipinski definition) is 0. The van der Waals surface area contributed by atoms with E-state index >= 15 is 0 Å². The molecule has 2 heteroatoms. The lowest BCUT2D eigenvalue weighted by Gasteiger charge is -2.05. The van der Waals surface area contributed by atoms with Gasteiger partial charge in [-0.3, -0.25) is 0 Å². The minimum atomic E-state index is 0.754. The van der Waals surface area contributed by atoms with E-state index in [4.69, 9.17) is 4.74 Å². The minimum Gasteiger partial charge on any atom is -0.493 e. The van der Waals surface area contributed by atoms with Crippen LogP contribution in [-0.4, -0.2) is 6.61 Å². The summed E-state index contributed by atoms with van der Waals surface area (Å²) >= 11 is 1.78. The van der Waals surface area contributed by atoms with Crippen molar-refractivity contribution >= 4 is 11.3 Å². The fourth-order valence-electron chi connectivity index (χ4n) is 1.43. The van der Waals surface area contributed by atoms with Gasteiger partial charge >= 0.3 is 0 Å². The zero-order chi connectivity index (χ0) is 10.5. The van der Waals surface area contributed by atoms with Gasteiger partial charge in [0, 0.05) is 11.3 Å². The van der Waals surface area contributed by atoms with Crippen LogP contribution in [0.15, 0.2) is 41.8 Å². The maximum absolute atomic E-state index is 5.67. The molecule has 0 atom stereocenters. The fraction of sp³-hybridized carbons (Fsp3) is 0.231. The van der Waals surface area contributed by atoms with Crippen LogP contribution < -0.4 is 4.74 Å². The zero-order valence-corrected chi connectivity index (χ0v) is 9.59. The van der Waals surface area contributed by atoms with Gasteiger partial charge in [0.2, 0.25) is 0 Å². The second-order valence-corrected chi connectivity index (χ2v) is 4.53. The van der Waals surface area contributed by atoms with Gasteiger partial charge < -0.3 is 4.74 Å². The van der Waals surface area contributed by atoms with Gasteiger partial charge in [-0.1, -0.05) is 18.2 Å². The van der Waals surface area contributed by atoms with E-state index in [2.05, 4.69) is 36.6 Å². The van der Waals surface area contributed by atoms with Crippen LogP contribution in [0.4, 0.5) is 0 Å². The monoisotopic (exact) mass is 218 g/mol. The number of rotatable bonds is 4. The van der Waals surface area contributed by atoms with Gasteiger partial charge in [0.15, 0.2) is 0 Å². The maximum Gasteiger partial charge on any atom is 0.119 e. The lowest BCUT2D eigenvalue weighted by Crippen LogP contribution is -1.99. The molecule has 1 aromatic carbocycles. The highest BCUT2D eigenvalue weighted by Gasteiger charge is 1.96. The van der Waals surface area contributed by atoms with Crippen molar-refractivity contribution in [3.63, 3.8) is 0 Å². The Morgan fingerprint density at radius 2 is 2.13 bits per heavy atom. The molecule has 78 valence electrons. The second-order valence-electron chi connectivity index (χ2n) is 3.49. The van der Waals surface area contributed by atoms with Crippen LogP contribution in [0.1, 0.15) is 10.4 Å². The molecule has 0 fully saturated rings. The van der Waals surface area contributed by atoms with Crippen molar-refractivity contribution in [1.29, 1.82) is 0 Å². The summed E-state index contributed by atoms with van der Waals surface area (Å²) in [4.78, 5) is 1.38. The third kappa shape index (κ3) is 3.10. The van der Waals surface area contributed by atoms with Crippen LogP contribution in [0.25, 0.3) is 0 Å². The molecule has 1 heterocycles. The Morgan fingerprint density at radius 3 is 2.87 bits per heavy atom. The van der Waals surface area contributed by atoms with Gasteiger partial charge in [-0.15, -0.1) is 11.3 Å². The van der Waals surface area contributed by atoms with E-state index < -0.39 is 0 Å². The third-order valence-corrected chi connectivity index (χ3v) is 3.12. The molecule has 0 saturated carbocycles. The SMILES string of the molecule is Cc1cccc(OCCc2cccs2)c1. The molecule has 0 unspecified atom stereocenters. The fourth-order valence-corrected chi connectivity index (χ4v) is 2.12. The molecule has 0 radical (unpaired) electrons. The number of hydrogen-bond acceptors (Lipinski definition) is 2. The Hall–Kier alpha value is -1.28. The van der Waals surface area contributed by atoms with Crippen molar-refractivity contribution in [3.8, 4) is 5.75 Å². The van der Waals surface area contributed by atoms with E-state index in [1.54, 1.807) is 11.3 Å². The van der Waals surface area contributed by atoms with E-state index in [-0.39, 0.29) is 0 Å². The van der Waals surface area contributed by atoms with Crippen LogP contribution in [0.3, 0.4) is 0 Å². The van der Waals surface area contributed by atoms with Gasteiger partial charge in [-0.2, -0.15) is 0 Å². The zero-order valence-electron chi connectivity index (χ0n) is 8.77. The third-order valence-electron chi connectivity index (χ3n) is 2.19. The highest BCUT2D eigenvalue weighted by molar-refractivity contribution is 7.09. The molecule has 0 saturated heterocycles. The summed E-state index contributed by atoms with van der Waals surface area (Å²) < 4.78 is 5.67. The summed E-state index contributed by atoms with van der Waals surface area (Å²) in [6.07, 6.45) is 0.992. The Labute approximate surface area is 94.3 Å². The molecule has 0 amide bonds. The Morgan fingerprint density at radius 1 is 1.20 bits per heavy atom. The van der Waals surface area contributed by atoms with Crippen LogP contribution in [0, 0.1) is 6.92 Å². The van der Waals surface area contributed by atoms with Crippen LogP contribution >= 0.6 is 11.3 Å². The molecule has 0 spiro atoms. The highest BCUT2D eigenvalue weighted by Crippen LogP contribution is 2.14. The Balaban J connectivity index is 1.83. The smallest absolute Gasteiger partial charge is 0.119 e. The van der Waals surface area contributed by atoms with E-state index in [0.717, 1.165) is 18.8 Å². The molecular weight excluding hydrogens is 204 g/mol. The largest absolute Gasteiger partial charge is 0.493 e. The maximum atomic E-state index is 5.67. The van der Waals surface area contributed by atoms with Crippen molar-refractivity contribution in [2.75, 3.05) is 6.61 Å². The molecule has 0 N–H and O–H groups in total. The van der Waals surface area contributed by atoms with Crippen LogP contribution in [-0.2, 0) is 6.42 Å². The Kier molecular flexibility index (Phi) is 3.41. The summed E-state index contributed by atoms with van der Waals surface area (Å²) in [5.41, 5.74) is 1.24. The normalized spacial score (nSPS) is 10.2. The van der Waals surface area contributed by atoms with Crippen molar-refractivity contribution in [2.24, 2.45) is 0 Å². The summed E-state index contributed by atoms with van der Waals surface area (Å²) in [6.45, 7) is 2.83. The average Bonchev–Trinajstić information content (AvgIpc) is 2.71. The van der Waals surface area contributed by atoms with Gasteiger partial charge in [-0.05, 0) is 36.1 Å². The molecule has 15 heavy (non-hydrogen) atoms. The molecule has 0 bridgehead atoms. The van der Waals surface area contributed by atoms with Crippen molar-refractivity contribution in [2.45, 2.75) is 13.3 Å². The van der Waals surface area contributed by atoms with E-state index in [9.17, 15) is 0 Å². The molecule has 0 aliphatic heterocycles. The van der Waals surface area contributed by atoms with E-state index in [1.807, 2.05) is 12.1 Å². The second kappa shape index (κ2) is 4.99. The first-order chi connectivity index (χ1) is 7.34. The van der Waals surface area contributed by atoms with Gasteiger partial charge in [0.25, 0.3) is 0 Å². The summed E-state index contributed by atoms with van der Waals surface area (Å²) in [5.74, 6) is 0.964. The first-order valence-electron chi connectivity index (χ1n) is 5.06. The van der Waals surface area contributed by atoms with E-state index in [1.165, 1.54) is 10.4 Å². The highest BCUT2D eigenvalue weighted by atomic mass is 32.1. The number of ether oxygens (including phenoxy) is 1. The quantitative estimate of drug-likeness (QED) is 0.760. The van der Waals surface area contributed by atoms with Gasteiger partial charge in [-0.25, -0.2) is 0 Å². The lowest BCUT2D eigenvalue weighted by atomic mass is 10.2. The predicted octanol–water partition coefficient (Wildman–Crippen LogP) is 3.68. The Bertz CT molecular complexity index is 406. The molecule has 2 aromatic rings. The first-order valence-corrected chi connectivity index (χ1v) is 5.94. The minimum absolute atomic E-state index is 0.754. The summed E-state index contributed by atoms with van der Waals surface area (Å²) in [7, 11) is 0. The first kappa shape index (κ1) is 10.2. The summed E-state index contributed by atoms with van der Waals surface area (Å²) in [6, 6.07) is 12.4. The summed E-state index contributed by atoms with van der Waals surface area (Å²) in [5, 5.41) is 2.10. The van der Waals surface area contributed by atoms with Gasteiger partial charge in [0.05, 0.1) is 6.61 Å². The lowest BCUT2D eigenvalue weighted by molar-refractivity contribution is 0.323. The molecule has 2 rings (SSSR count). The standard InChI is InChI=1S/C13H14OS/c1-11-4-2-5-12(10-11)14-8-7-13-6-3-9-15-13/h2-6,9-10H,7-8H2,1H3. The topological polar surface area (TPSA) is 9.23 Å². The van der Waals surface area contributed by atoms with Crippen molar-refractivity contribution < 1.29 is 4.74 Å². The molecule has 1 nitrogen and oxygen atoms in total. The van der Waals surface area contributed by atoms with Crippen molar-refractivity contribution in [1.82, 2.24) is 0 Å². The molecule has 0 aliphatic rings. The molecule has 0 aliphatic carbocycles. The van der Waals surface area contributed by atoms with Crippen LogP contribution in [0.5, 0.6) is 5.75 Å². The van der Waals surface area contributed by atoms with Crippen molar-refractivity contribution in [3.05, 3.63) is 52.2 Å². The van der Waals surface area contributed by atoms with Crippen LogP contribution in [0.2, 0.25) is 0 Å². The molecule has 1 aromatic heterocycles. The molecular formula is C13H14OS. The number of thiophene rings is 1. The van der Waals surface area contributed by atoms with E-state index in [0.29, 0.717) is 0 Å².